The van der Waals surface area contributed by atoms with E-state index in [4.69, 9.17) is 4.74 Å². The maximum absolute atomic E-state index is 10.7. The highest BCUT2D eigenvalue weighted by Gasteiger charge is 2.58. The summed E-state index contributed by atoms with van der Waals surface area (Å²) in [6.45, 7) is 5.28. The molecular formula is C16H27N3O2. The molecule has 2 N–H and O–H groups in total. The minimum Gasteiger partial charge on any atom is -0.384 e. The third kappa shape index (κ3) is 2.51. The van der Waals surface area contributed by atoms with Crippen molar-refractivity contribution in [1.29, 1.82) is 0 Å². The third-order valence-electron chi connectivity index (χ3n) is 5.46. The Labute approximate surface area is 126 Å². The Hall–Kier alpha value is -0.910. The van der Waals surface area contributed by atoms with Gasteiger partial charge in [0.1, 0.15) is 5.60 Å². The number of rotatable bonds is 6. The van der Waals surface area contributed by atoms with Crippen molar-refractivity contribution in [2.24, 2.45) is 12.5 Å². The maximum Gasteiger partial charge on any atom is 0.102 e. The van der Waals surface area contributed by atoms with E-state index in [0.29, 0.717) is 24.1 Å². The van der Waals surface area contributed by atoms with Gasteiger partial charge in [0.15, 0.2) is 0 Å². The molecule has 5 heteroatoms. The van der Waals surface area contributed by atoms with Crippen molar-refractivity contribution in [3.05, 3.63) is 18.0 Å². The van der Waals surface area contributed by atoms with Crippen molar-refractivity contribution in [3.63, 3.8) is 0 Å². The highest BCUT2D eigenvalue weighted by molar-refractivity contribution is 5.16. The Balaban J connectivity index is 1.58. The molecule has 0 bridgehead atoms. The fourth-order valence-corrected chi connectivity index (χ4v) is 3.85. The second kappa shape index (κ2) is 5.38. The van der Waals surface area contributed by atoms with E-state index in [2.05, 4.69) is 17.3 Å². The van der Waals surface area contributed by atoms with Crippen LogP contribution in [-0.4, -0.2) is 40.2 Å². The summed E-state index contributed by atoms with van der Waals surface area (Å²) in [5.41, 5.74) is 0.317. The van der Waals surface area contributed by atoms with Crippen LogP contribution in [0.2, 0.25) is 0 Å². The molecule has 0 radical (unpaired) electrons. The summed E-state index contributed by atoms with van der Waals surface area (Å²) < 4.78 is 7.60. The Morgan fingerprint density at radius 2 is 2.33 bits per heavy atom. The number of hydrogen-bond acceptors (Lipinski definition) is 4. The van der Waals surface area contributed by atoms with E-state index >= 15 is 0 Å². The highest BCUT2D eigenvalue weighted by atomic mass is 16.5. The van der Waals surface area contributed by atoms with Gasteiger partial charge >= 0.3 is 0 Å². The van der Waals surface area contributed by atoms with Crippen LogP contribution in [0.3, 0.4) is 0 Å². The summed E-state index contributed by atoms with van der Waals surface area (Å²) in [5.74, 6) is 0. The van der Waals surface area contributed by atoms with Crippen molar-refractivity contribution in [2.45, 2.75) is 57.3 Å². The van der Waals surface area contributed by atoms with E-state index in [-0.39, 0.29) is 0 Å². The largest absolute Gasteiger partial charge is 0.384 e. The van der Waals surface area contributed by atoms with E-state index in [1.165, 1.54) is 19.3 Å². The molecule has 0 aromatic carbocycles. The lowest BCUT2D eigenvalue weighted by Gasteiger charge is -2.61. The summed E-state index contributed by atoms with van der Waals surface area (Å²) >= 11 is 0. The molecule has 1 spiro atoms. The topological polar surface area (TPSA) is 59.3 Å². The lowest BCUT2D eigenvalue weighted by atomic mass is 9.51. The number of nitrogens with zero attached hydrogens (tertiary/aromatic N) is 2. The number of aromatic nitrogens is 2. The zero-order chi connectivity index (χ0) is 15.1. The lowest BCUT2D eigenvalue weighted by Crippen LogP contribution is -2.67. The van der Waals surface area contributed by atoms with Gasteiger partial charge in [-0.05, 0) is 33.1 Å². The third-order valence-corrected chi connectivity index (χ3v) is 5.46. The van der Waals surface area contributed by atoms with Crippen LogP contribution in [0.4, 0.5) is 0 Å². The smallest absolute Gasteiger partial charge is 0.102 e. The van der Waals surface area contributed by atoms with Gasteiger partial charge in [-0.3, -0.25) is 4.68 Å². The molecular weight excluding hydrogens is 266 g/mol. The van der Waals surface area contributed by atoms with Gasteiger partial charge in [-0.25, -0.2) is 0 Å². The summed E-state index contributed by atoms with van der Waals surface area (Å²) in [4.78, 5) is 0. The predicted molar refractivity (Wildman–Crippen MR) is 80.9 cm³/mol. The van der Waals surface area contributed by atoms with Gasteiger partial charge in [0.05, 0.1) is 12.3 Å². The van der Waals surface area contributed by atoms with Crippen molar-refractivity contribution in [2.75, 3.05) is 13.2 Å². The Morgan fingerprint density at radius 3 is 2.86 bits per heavy atom. The van der Waals surface area contributed by atoms with Crippen LogP contribution in [-0.2, 0) is 17.4 Å². The maximum atomic E-state index is 10.7. The molecule has 2 aliphatic rings. The zero-order valence-corrected chi connectivity index (χ0v) is 13.3. The van der Waals surface area contributed by atoms with E-state index in [9.17, 15) is 5.11 Å². The molecule has 118 valence electrons. The van der Waals surface area contributed by atoms with Gasteiger partial charge in [0, 0.05) is 43.4 Å². The molecule has 0 unspecified atom stereocenters. The lowest BCUT2D eigenvalue weighted by molar-refractivity contribution is -0.175. The van der Waals surface area contributed by atoms with E-state index in [0.717, 1.165) is 18.6 Å². The minimum absolute atomic E-state index is 0.334. The summed E-state index contributed by atoms with van der Waals surface area (Å²) in [6, 6.07) is 0.478. The van der Waals surface area contributed by atoms with Gasteiger partial charge in [-0.2, -0.15) is 5.10 Å². The fourth-order valence-electron chi connectivity index (χ4n) is 3.85. The molecule has 21 heavy (non-hydrogen) atoms. The number of nitrogens with one attached hydrogen (secondary N) is 1. The van der Waals surface area contributed by atoms with Gasteiger partial charge < -0.3 is 15.2 Å². The first-order valence-electron chi connectivity index (χ1n) is 8.04. The molecule has 1 heterocycles. The minimum atomic E-state index is -0.879. The van der Waals surface area contributed by atoms with Crippen LogP contribution in [0.1, 0.15) is 45.1 Å². The predicted octanol–water partition coefficient (Wildman–Crippen LogP) is 1.56. The zero-order valence-electron chi connectivity index (χ0n) is 13.3. The molecule has 1 aromatic rings. The molecule has 0 saturated heterocycles. The standard InChI is InChI=1S/C16H27N3O2/c1-4-21-14-8-13(16(14)6-5-7-16)17-11-15(2,20)12-9-18-19(3)10-12/h9-10,13-14,17,20H,4-8,11H2,1-3H3/t13-,14+,15-/m0/s1. The molecule has 2 saturated carbocycles. The average Bonchev–Trinajstić information content (AvgIpc) is 2.78. The van der Waals surface area contributed by atoms with E-state index in [1.807, 2.05) is 20.2 Å². The van der Waals surface area contributed by atoms with Gasteiger partial charge in [0.25, 0.3) is 0 Å². The van der Waals surface area contributed by atoms with Crippen molar-refractivity contribution in [3.8, 4) is 0 Å². The Kier molecular flexibility index (Phi) is 3.84. The first kappa shape index (κ1) is 15.0. The van der Waals surface area contributed by atoms with E-state index in [1.54, 1.807) is 10.9 Å². The van der Waals surface area contributed by atoms with Crippen molar-refractivity contribution in [1.82, 2.24) is 15.1 Å². The Morgan fingerprint density at radius 1 is 1.57 bits per heavy atom. The molecule has 2 fully saturated rings. The molecule has 3 rings (SSSR count). The van der Waals surface area contributed by atoms with Crippen molar-refractivity contribution < 1.29 is 9.84 Å². The van der Waals surface area contributed by atoms with Crippen LogP contribution in [0, 0.1) is 5.41 Å². The fraction of sp³-hybridized carbons (Fsp3) is 0.812. The number of aryl methyl sites for hydroxylation is 1. The molecule has 0 amide bonds. The SMILES string of the molecule is CCO[C@@H]1C[C@H](NC[C@](C)(O)c2cnn(C)c2)C12CCC2. The summed E-state index contributed by atoms with van der Waals surface area (Å²) in [6.07, 6.45) is 8.92. The van der Waals surface area contributed by atoms with Gasteiger partial charge in [-0.15, -0.1) is 0 Å². The average molecular weight is 293 g/mol. The normalized spacial score (nSPS) is 29.7. The number of ether oxygens (including phenoxy) is 1. The van der Waals surface area contributed by atoms with E-state index < -0.39 is 5.60 Å². The van der Waals surface area contributed by atoms with Crippen LogP contribution >= 0.6 is 0 Å². The first-order chi connectivity index (χ1) is 9.98. The molecule has 2 aliphatic carbocycles. The van der Waals surface area contributed by atoms with Crippen LogP contribution in [0.15, 0.2) is 12.4 Å². The molecule has 5 nitrogen and oxygen atoms in total. The monoisotopic (exact) mass is 293 g/mol. The molecule has 0 aliphatic heterocycles. The van der Waals surface area contributed by atoms with Crippen LogP contribution < -0.4 is 5.32 Å². The van der Waals surface area contributed by atoms with Gasteiger partial charge in [-0.1, -0.05) is 6.42 Å². The molecule has 3 atom stereocenters. The van der Waals surface area contributed by atoms with Gasteiger partial charge in [0.2, 0.25) is 0 Å². The summed E-state index contributed by atoms with van der Waals surface area (Å²) in [7, 11) is 1.87. The second-order valence-corrected chi connectivity index (χ2v) is 6.88. The first-order valence-corrected chi connectivity index (χ1v) is 8.04. The van der Waals surface area contributed by atoms with Crippen LogP contribution in [0.25, 0.3) is 0 Å². The second-order valence-electron chi connectivity index (χ2n) is 6.88. The van der Waals surface area contributed by atoms with Crippen molar-refractivity contribution >= 4 is 0 Å². The Bertz CT molecular complexity index is 493. The number of hydrogen-bond donors (Lipinski definition) is 2. The molecule has 1 aromatic heterocycles. The summed E-state index contributed by atoms with van der Waals surface area (Å²) in [5, 5.41) is 18.4. The quantitative estimate of drug-likeness (QED) is 0.836. The highest BCUT2D eigenvalue weighted by Crippen LogP contribution is 2.57. The van der Waals surface area contributed by atoms with Crippen LogP contribution in [0.5, 0.6) is 0 Å². The number of aliphatic hydroxyl groups is 1.